The molecular weight excluding hydrogens is 176 g/mol. The van der Waals surface area contributed by atoms with Gasteiger partial charge in [0.2, 0.25) is 0 Å². The fraction of sp³-hybridized carbons (Fsp3) is 0.667. The van der Waals surface area contributed by atoms with Crippen molar-refractivity contribution < 1.29 is 9.84 Å². The maximum Gasteiger partial charge on any atom is 0.139 e. The monoisotopic (exact) mass is 194 g/mol. The first-order valence-corrected chi connectivity index (χ1v) is 5.46. The summed E-state index contributed by atoms with van der Waals surface area (Å²) < 4.78 is 5.52. The van der Waals surface area contributed by atoms with E-state index < -0.39 is 5.60 Å². The van der Waals surface area contributed by atoms with Crippen LogP contribution in [0.15, 0.2) is 24.0 Å². The Bertz CT molecular complexity index is 267. The van der Waals surface area contributed by atoms with Gasteiger partial charge < -0.3 is 9.84 Å². The number of hydrogen-bond donors (Lipinski definition) is 1. The Balaban J connectivity index is 2.15. The number of aliphatic hydroxyl groups is 1. The van der Waals surface area contributed by atoms with Crippen LogP contribution in [-0.4, -0.2) is 17.3 Å². The Kier molecular flexibility index (Phi) is 2.64. The molecular formula is C12H18O2. The molecule has 0 radical (unpaired) electrons. The van der Waals surface area contributed by atoms with E-state index in [1.807, 2.05) is 12.2 Å². The van der Waals surface area contributed by atoms with Crippen molar-refractivity contribution in [3.8, 4) is 0 Å². The van der Waals surface area contributed by atoms with Crippen LogP contribution in [-0.2, 0) is 4.74 Å². The molecule has 0 saturated heterocycles. The van der Waals surface area contributed by atoms with Crippen molar-refractivity contribution in [2.75, 3.05) is 6.61 Å². The summed E-state index contributed by atoms with van der Waals surface area (Å²) in [6.07, 6.45) is 9.94. The number of allylic oxidation sites excluding steroid dienone is 2. The molecule has 0 spiro atoms. The van der Waals surface area contributed by atoms with E-state index in [4.69, 9.17) is 4.74 Å². The van der Waals surface area contributed by atoms with Crippen LogP contribution in [0.2, 0.25) is 0 Å². The van der Waals surface area contributed by atoms with Crippen molar-refractivity contribution in [1.29, 1.82) is 0 Å². The van der Waals surface area contributed by atoms with Crippen LogP contribution in [0.3, 0.4) is 0 Å². The van der Waals surface area contributed by atoms with Crippen molar-refractivity contribution >= 4 is 0 Å². The van der Waals surface area contributed by atoms with Gasteiger partial charge in [0, 0.05) is 0 Å². The molecule has 2 rings (SSSR count). The highest BCUT2D eigenvalue weighted by atomic mass is 16.5. The van der Waals surface area contributed by atoms with Crippen LogP contribution in [0.1, 0.15) is 32.6 Å². The summed E-state index contributed by atoms with van der Waals surface area (Å²) in [5, 5.41) is 10.3. The van der Waals surface area contributed by atoms with Gasteiger partial charge in [-0.25, -0.2) is 0 Å². The Hall–Kier alpha value is -0.760. The summed E-state index contributed by atoms with van der Waals surface area (Å²) in [5.41, 5.74) is -0.813. The van der Waals surface area contributed by atoms with Crippen LogP contribution >= 0.6 is 0 Å². The highest BCUT2D eigenvalue weighted by molar-refractivity contribution is 5.23. The summed E-state index contributed by atoms with van der Waals surface area (Å²) in [6.45, 7) is 2.92. The summed E-state index contributed by atoms with van der Waals surface area (Å²) >= 11 is 0. The standard InChI is InChI=1S/C12H18O2/c1-10-5-7-12(13,8-6-10)11-4-2-3-9-14-11/h4-5,7,10,13H,2-3,6,8-9H2,1H3. The van der Waals surface area contributed by atoms with Gasteiger partial charge in [-0.1, -0.05) is 13.0 Å². The maximum absolute atomic E-state index is 10.3. The molecule has 2 atom stereocenters. The highest BCUT2D eigenvalue weighted by Gasteiger charge is 2.33. The van der Waals surface area contributed by atoms with Crippen LogP contribution < -0.4 is 0 Å². The van der Waals surface area contributed by atoms with E-state index in [1.54, 1.807) is 0 Å². The SMILES string of the molecule is CC1C=CC(O)(C2=CCCCO2)CC1. The van der Waals surface area contributed by atoms with Crippen LogP contribution in [0.4, 0.5) is 0 Å². The van der Waals surface area contributed by atoms with Gasteiger partial charge >= 0.3 is 0 Å². The third-order valence-corrected chi connectivity index (χ3v) is 3.04. The second-order valence-corrected chi connectivity index (χ2v) is 4.36. The second kappa shape index (κ2) is 3.77. The first-order chi connectivity index (χ1) is 6.71. The largest absolute Gasteiger partial charge is 0.495 e. The molecule has 2 aliphatic rings. The van der Waals surface area contributed by atoms with Crippen molar-refractivity contribution in [3.63, 3.8) is 0 Å². The van der Waals surface area contributed by atoms with Gasteiger partial charge in [0.25, 0.3) is 0 Å². The summed E-state index contributed by atoms with van der Waals surface area (Å²) in [7, 11) is 0. The molecule has 0 fully saturated rings. The van der Waals surface area contributed by atoms with E-state index in [1.165, 1.54) is 0 Å². The third-order valence-electron chi connectivity index (χ3n) is 3.04. The van der Waals surface area contributed by atoms with Gasteiger partial charge in [-0.3, -0.25) is 0 Å². The Morgan fingerprint density at radius 3 is 3.00 bits per heavy atom. The van der Waals surface area contributed by atoms with Crippen LogP contribution in [0.5, 0.6) is 0 Å². The Morgan fingerprint density at radius 2 is 2.43 bits per heavy atom. The quantitative estimate of drug-likeness (QED) is 0.649. The topological polar surface area (TPSA) is 29.5 Å². The average Bonchev–Trinajstić information content (AvgIpc) is 2.24. The second-order valence-electron chi connectivity index (χ2n) is 4.36. The van der Waals surface area contributed by atoms with Crippen molar-refractivity contribution in [2.45, 2.75) is 38.2 Å². The minimum atomic E-state index is -0.813. The van der Waals surface area contributed by atoms with Gasteiger partial charge in [-0.15, -0.1) is 0 Å². The molecule has 0 bridgehead atoms. The molecule has 0 aromatic carbocycles. The zero-order valence-corrected chi connectivity index (χ0v) is 8.70. The number of ether oxygens (including phenoxy) is 1. The summed E-state index contributed by atoms with van der Waals surface area (Å²) in [6, 6.07) is 0. The maximum atomic E-state index is 10.3. The Labute approximate surface area is 85.3 Å². The molecule has 0 aromatic heterocycles. The first kappa shape index (κ1) is 9.78. The normalized spacial score (nSPS) is 37.6. The van der Waals surface area contributed by atoms with Crippen LogP contribution in [0, 0.1) is 5.92 Å². The molecule has 78 valence electrons. The van der Waals surface area contributed by atoms with E-state index in [-0.39, 0.29) is 0 Å². The molecule has 0 aromatic rings. The molecule has 1 aliphatic heterocycles. The molecule has 1 aliphatic carbocycles. The lowest BCUT2D eigenvalue weighted by Gasteiger charge is -2.33. The van der Waals surface area contributed by atoms with Crippen LogP contribution in [0.25, 0.3) is 0 Å². The lowest BCUT2D eigenvalue weighted by atomic mass is 9.84. The average molecular weight is 194 g/mol. The van der Waals surface area contributed by atoms with Gasteiger partial charge in [0.1, 0.15) is 11.4 Å². The van der Waals surface area contributed by atoms with Gasteiger partial charge in [0.05, 0.1) is 6.61 Å². The Morgan fingerprint density at radius 1 is 1.57 bits per heavy atom. The third kappa shape index (κ3) is 1.85. The van der Waals surface area contributed by atoms with Crippen molar-refractivity contribution in [1.82, 2.24) is 0 Å². The van der Waals surface area contributed by atoms with E-state index >= 15 is 0 Å². The van der Waals surface area contributed by atoms with E-state index in [2.05, 4.69) is 13.0 Å². The molecule has 1 N–H and O–H groups in total. The zero-order chi connectivity index (χ0) is 10.0. The fourth-order valence-electron chi connectivity index (χ4n) is 2.02. The lowest BCUT2D eigenvalue weighted by Crippen LogP contribution is -2.34. The number of rotatable bonds is 1. The predicted molar refractivity (Wildman–Crippen MR) is 55.8 cm³/mol. The van der Waals surface area contributed by atoms with E-state index in [0.717, 1.165) is 38.0 Å². The van der Waals surface area contributed by atoms with Gasteiger partial charge in [-0.05, 0) is 43.8 Å². The zero-order valence-electron chi connectivity index (χ0n) is 8.70. The first-order valence-electron chi connectivity index (χ1n) is 5.46. The summed E-state index contributed by atoms with van der Waals surface area (Å²) in [4.78, 5) is 0. The molecule has 2 nitrogen and oxygen atoms in total. The van der Waals surface area contributed by atoms with E-state index in [9.17, 15) is 5.11 Å². The van der Waals surface area contributed by atoms with Crippen molar-refractivity contribution in [3.05, 3.63) is 24.0 Å². The molecule has 14 heavy (non-hydrogen) atoms. The molecule has 2 unspecified atom stereocenters. The van der Waals surface area contributed by atoms with E-state index in [0.29, 0.717) is 5.92 Å². The molecule has 2 heteroatoms. The minimum absolute atomic E-state index is 0.583. The molecule has 1 heterocycles. The van der Waals surface area contributed by atoms with Crippen molar-refractivity contribution in [2.24, 2.45) is 5.92 Å². The molecule has 0 saturated carbocycles. The fourth-order valence-corrected chi connectivity index (χ4v) is 2.02. The van der Waals surface area contributed by atoms with Gasteiger partial charge in [-0.2, -0.15) is 0 Å². The minimum Gasteiger partial charge on any atom is -0.495 e. The highest BCUT2D eigenvalue weighted by Crippen LogP contribution is 2.33. The molecule has 0 amide bonds. The predicted octanol–water partition coefficient (Wildman–Crippen LogP) is 2.40. The smallest absolute Gasteiger partial charge is 0.139 e. The van der Waals surface area contributed by atoms with Gasteiger partial charge in [0.15, 0.2) is 0 Å². The number of hydrogen-bond acceptors (Lipinski definition) is 2. The summed E-state index contributed by atoms with van der Waals surface area (Å²) in [5.74, 6) is 1.35. The lowest BCUT2D eigenvalue weighted by molar-refractivity contribution is 0.0264.